The Balaban J connectivity index is 2.93. The third kappa shape index (κ3) is 3.71. The Bertz CT molecular complexity index is 412. The van der Waals surface area contributed by atoms with Crippen LogP contribution in [0.4, 0.5) is 13.2 Å². The number of rotatable bonds is 3. The minimum atomic E-state index is -4.75. The number of ether oxygens (including phenoxy) is 1. The van der Waals surface area contributed by atoms with Crippen molar-refractivity contribution in [1.82, 2.24) is 0 Å². The minimum Gasteiger partial charge on any atom is -0.772 e. The summed E-state index contributed by atoms with van der Waals surface area (Å²) >= 11 is -2.37. The van der Waals surface area contributed by atoms with Crippen LogP contribution < -0.4 is 4.74 Å². The van der Waals surface area contributed by atoms with E-state index in [2.05, 4.69) is 4.74 Å². The van der Waals surface area contributed by atoms with Crippen LogP contribution in [0.25, 0.3) is 0 Å². The van der Waals surface area contributed by atoms with E-state index in [-0.39, 0.29) is 5.75 Å². The molecular weight excluding hydrogens is 257 g/mol. The molecule has 1 aromatic rings. The van der Waals surface area contributed by atoms with E-state index in [4.69, 9.17) is 0 Å². The molecule has 17 heavy (non-hydrogen) atoms. The van der Waals surface area contributed by atoms with Crippen molar-refractivity contribution in [2.75, 3.05) is 0 Å². The van der Waals surface area contributed by atoms with Gasteiger partial charge in [0.2, 0.25) is 0 Å². The molecule has 7 heteroatoms. The van der Waals surface area contributed by atoms with Crippen LogP contribution in [0.2, 0.25) is 0 Å². The molecule has 0 aliphatic heterocycles. The summed E-state index contributed by atoms with van der Waals surface area (Å²) in [5.41, 5.74) is 0.389. The Morgan fingerprint density at radius 2 is 1.65 bits per heavy atom. The van der Waals surface area contributed by atoms with Gasteiger partial charge in [0.1, 0.15) is 5.75 Å². The first-order valence-electron chi connectivity index (χ1n) is 4.58. The molecular formula is C10H10F3O3S-. The molecule has 1 unspecified atom stereocenters. The lowest BCUT2D eigenvalue weighted by Gasteiger charge is -2.28. The molecule has 0 saturated heterocycles. The van der Waals surface area contributed by atoms with Crippen molar-refractivity contribution in [3.8, 4) is 5.75 Å². The fourth-order valence-corrected chi connectivity index (χ4v) is 1.48. The second kappa shape index (κ2) is 4.66. The highest BCUT2D eigenvalue weighted by molar-refractivity contribution is 7.80. The minimum absolute atomic E-state index is 0.381. The highest BCUT2D eigenvalue weighted by Gasteiger charge is 2.31. The largest absolute Gasteiger partial charge is 0.772 e. The first-order valence-corrected chi connectivity index (χ1v) is 5.66. The highest BCUT2D eigenvalue weighted by atomic mass is 32.2. The van der Waals surface area contributed by atoms with Crippen LogP contribution in [0.5, 0.6) is 5.75 Å². The van der Waals surface area contributed by atoms with Gasteiger partial charge < -0.3 is 9.29 Å². The molecule has 0 fully saturated rings. The third-order valence-corrected chi connectivity index (χ3v) is 3.27. The summed E-state index contributed by atoms with van der Waals surface area (Å²) < 4.78 is 60.0. The van der Waals surface area contributed by atoms with Gasteiger partial charge in [0, 0.05) is 0 Å². The van der Waals surface area contributed by atoms with Crippen molar-refractivity contribution in [2.24, 2.45) is 0 Å². The standard InChI is InChI=1S/C10H11F3O3S/c1-9(2,17(14)15)7-3-5-8(6-4-7)16-10(11,12)13/h3-6H,1-2H3,(H,14,15)/p-1. The zero-order valence-electron chi connectivity index (χ0n) is 9.08. The summed E-state index contributed by atoms with van der Waals surface area (Å²) in [6.07, 6.45) is -4.75. The summed E-state index contributed by atoms with van der Waals surface area (Å²) in [6.45, 7) is 2.91. The van der Waals surface area contributed by atoms with E-state index in [1.807, 2.05) is 0 Å². The molecule has 1 rings (SSSR count). The molecule has 0 N–H and O–H groups in total. The zero-order valence-corrected chi connectivity index (χ0v) is 9.89. The lowest BCUT2D eigenvalue weighted by molar-refractivity contribution is -0.274. The number of halogens is 3. The second-order valence-corrected chi connectivity index (χ2v) is 5.31. The van der Waals surface area contributed by atoms with Gasteiger partial charge in [-0.3, -0.25) is 4.21 Å². The molecule has 0 aliphatic rings. The topological polar surface area (TPSA) is 49.4 Å². The average molecular weight is 267 g/mol. The first-order chi connectivity index (χ1) is 7.63. The highest BCUT2D eigenvalue weighted by Crippen LogP contribution is 2.29. The molecule has 0 amide bonds. The van der Waals surface area contributed by atoms with Crippen LogP contribution in [0.1, 0.15) is 19.4 Å². The molecule has 0 aliphatic carbocycles. The molecule has 0 bridgehead atoms. The van der Waals surface area contributed by atoms with E-state index in [9.17, 15) is 21.9 Å². The Hall–Kier alpha value is -1.08. The number of hydrogen-bond donors (Lipinski definition) is 0. The quantitative estimate of drug-likeness (QED) is 0.791. The van der Waals surface area contributed by atoms with Crippen LogP contribution in [-0.4, -0.2) is 15.1 Å². The lowest BCUT2D eigenvalue weighted by atomic mass is 10.0. The smallest absolute Gasteiger partial charge is 0.573 e. The normalized spacial score (nSPS) is 14.5. The molecule has 0 aromatic heterocycles. The van der Waals surface area contributed by atoms with Crippen molar-refractivity contribution in [3.63, 3.8) is 0 Å². The molecule has 96 valence electrons. The van der Waals surface area contributed by atoms with Gasteiger partial charge in [-0.1, -0.05) is 12.1 Å². The number of alkyl halides is 3. The Labute approximate surface area is 98.9 Å². The third-order valence-electron chi connectivity index (χ3n) is 2.20. The maximum absolute atomic E-state index is 11.9. The predicted molar refractivity (Wildman–Crippen MR) is 55.1 cm³/mol. The fourth-order valence-electron chi connectivity index (χ4n) is 1.15. The van der Waals surface area contributed by atoms with Gasteiger partial charge in [0.25, 0.3) is 0 Å². The van der Waals surface area contributed by atoms with Gasteiger partial charge in [-0.25, -0.2) is 0 Å². The van der Waals surface area contributed by atoms with E-state index in [1.54, 1.807) is 0 Å². The van der Waals surface area contributed by atoms with Gasteiger partial charge in [-0.15, -0.1) is 13.2 Å². The molecule has 1 aromatic carbocycles. The van der Waals surface area contributed by atoms with Crippen LogP contribution in [0.3, 0.4) is 0 Å². The van der Waals surface area contributed by atoms with Crippen molar-refractivity contribution < 1.29 is 26.7 Å². The maximum Gasteiger partial charge on any atom is 0.573 e. The van der Waals surface area contributed by atoms with Crippen molar-refractivity contribution in [1.29, 1.82) is 0 Å². The predicted octanol–water partition coefficient (Wildman–Crippen LogP) is 2.70. The van der Waals surface area contributed by atoms with Gasteiger partial charge in [0.05, 0.1) is 4.75 Å². The van der Waals surface area contributed by atoms with Gasteiger partial charge in [-0.2, -0.15) is 0 Å². The molecule has 0 radical (unpaired) electrons. The van der Waals surface area contributed by atoms with Crippen LogP contribution in [-0.2, 0) is 15.8 Å². The van der Waals surface area contributed by atoms with E-state index in [1.165, 1.54) is 26.0 Å². The van der Waals surface area contributed by atoms with Crippen molar-refractivity contribution >= 4 is 11.1 Å². The molecule has 3 nitrogen and oxygen atoms in total. The summed E-state index contributed by atoms with van der Waals surface area (Å²) in [4.78, 5) is 0. The molecule has 1 atom stereocenters. The van der Waals surface area contributed by atoms with Crippen LogP contribution in [0.15, 0.2) is 24.3 Å². The van der Waals surface area contributed by atoms with E-state index in [0.717, 1.165) is 12.1 Å². The zero-order chi connectivity index (χ0) is 13.3. The number of hydrogen-bond acceptors (Lipinski definition) is 3. The monoisotopic (exact) mass is 267 g/mol. The molecule has 0 heterocycles. The van der Waals surface area contributed by atoms with Crippen LogP contribution >= 0.6 is 0 Å². The Morgan fingerprint density at radius 1 is 1.18 bits per heavy atom. The Morgan fingerprint density at radius 3 is 2.00 bits per heavy atom. The summed E-state index contributed by atoms with van der Waals surface area (Å²) in [5, 5.41) is 0. The fraction of sp³-hybridized carbons (Fsp3) is 0.400. The van der Waals surface area contributed by atoms with Gasteiger partial charge >= 0.3 is 6.36 Å². The SMILES string of the molecule is CC(C)(c1ccc(OC(F)(F)F)cc1)S(=O)[O-]. The van der Waals surface area contributed by atoms with Gasteiger partial charge in [-0.05, 0) is 42.6 Å². The summed E-state index contributed by atoms with van der Waals surface area (Å²) in [7, 11) is 0. The maximum atomic E-state index is 11.9. The summed E-state index contributed by atoms with van der Waals surface area (Å²) in [6, 6.07) is 4.74. The lowest BCUT2D eigenvalue weighted by Crippen LogP contribution is -2.23. The molecule has 0 saturated carbocycles. The first kappa shape index (κ1) is 14.0. The average Bonchev–Trinajstić information content (AvgIpc) is 2.15. The molecule has 0 spiro atoms. The summed E-state index contributed by atoms with van der Waals surface area (Å²) in [5.74, 6) is -0.381. The van der Waals surface area contributed by atoms with Crippen molar-refractivity contribution in [3.05, 3.63) is 29.8 Å². The second-order valence-electron chi connectivity index (χ2n) is 3.82. The van der Waals surface area contributed by atoms with E-state index < -0.39 is 22.2 Å². The van der Waals surface area contributed by atoms with Gasteiger partial charge in [0.15, 0.2) is 0 Å². The number of benzene rings is 1. The van der Waals surface area contributed by atoms with E-state index >= 15 is 0 Å². The van der Waals surface area contributed by atoms with Crippen LogP contribution in [0, 0.1) is 0 Å². The van der Waals surface area contributed by atoms with E-state index in [0.29, 0.717) is 5.56 Å². The van der Waals surface area contributed by atoms with Crippen molar-refractivity contribution in [2.45, 2.75) is 25.0 Å². The Kier molecular flexibility index (Phi) is 3.83.